The first-order chi connectivity index (χ1) is 12.1. The normalized spacial score (nSPS) is 11.0. The molecule has 144 valence electrons. The standard InChI is InChI=1S/C19H28N4O2.HI/c1-5-20-19(22-13-18-23-15(3)16(4)25-18)21-11-6-12-24-17-9-7-14(2)8-10-17;/h7-10H,5-6,11-13H2,1-4H3,(H2,20,21,22);1H. The van der Waals surface area contributed by atoms with Crippen LogP contribution < -0.4 is 15.4 Å². The van der Waals surface area contributed by atoms with Gasteiger partial charge >= 0.3 is 0 Å². The topological polar surface area (TPSA) is 71.7 Å². The average Bonchev–Trinajstić information content (AvgIpc) is 2.92. The van der Waals surface area contributed by atoms with Crippen molar-refractivity contribution in [3.63, 3.8) is 0 Å². The molecule has 0 radical (unpaired) electrons. The van der Waals surface area contributed by atoms with Gasteiger partial charge in [0, 0.05) is 13.1 Å². The fourth-order valence-electron chi connectivity index (χ4n) is 2.20. The van der Waals surface area contributed by atoms with Crippen molar-refractivity contribution in [2.45, 2.75) is 40.7 Å². The molecule has 2 aromatic rings. The van der Waals surface area contributed by atoms with Gasteiger partial charge in [-0.2, -0.15) is 0 Å². The Morgan fingerprint density at radius 2 is 1.88 bits per heavy atom. The number of oxazole rings is 1. The zero-order valence-electron chi connectivity index (χ0n) is 16.0. The molecule has 2 N–H and O–H groups in total. The Morgan fingerprint density at radius 1 is 1.15 bits per heavy atom. The molecule has 2 rings (SSSR count). The van der Waals surface area contributed by atoms with Crippen molar-refractivity contribution in [1.82, 2.24) is 15.6 Å². The van der Waals surface area contributed by atoms with E-state index in [1.165, 1.54) is 5.56 Å². The maximum Gasteiger partial charge on any atom is 0.216 e. The SMILES string of the molecule is CCNC(=NCc1nc(C)c(C)o1)NCCCOc1ccc(C)cc1.I. The van der Waals surface area contributed by atoms with E-state index in [0.717, 1.165) is 42.7 Å². The summed E-state index contributed by atoms with van der Waals surface area (Å²) in [6.45, 7) is 10.6. The summed E-state index contributed by atoms with van der Waals surface area (Å²) in [6.07, 6.45) is 0.884. The van der Waals surface area contributed by atoms with E-state index in [1.807, 2.05) is 32.9 Å². The van der Waals surface area contributed by atoms with E-state index in [9.17, 15) is 0 Å². The largest absolute Gasteiger partial charge is 0.494 e. The lowest BCUT2D eigenvalue weighted by atomic mass is 10.2. The van der Waals surface area contributed by atoms with Crippen LogP contribution in [-0.2, 0) is 6.54 Å². The zero-order chi connectivity index (χ0) is 18.1. The van der Waals surface area contributed by atoms with Crippen LogP contribution in [0.1, 0.15) is 36.3 Å². The number of hydrogen-bond acceptors (Lipinski definition) is 4. The minimum Gasteiger partial charge on any atom is -0.494 e. The molecule has 0 amide bonds. The predicted molar refractivity (Wildman–Crippen MR) is 116 cm³/mol. The van der Waals surface area contributed by atoms with Crippen LogP contribution in [0.5, 0.6) is 5.75 Å². The lowest BCUT2D eigenvalue weighted by Gasteiger charge is -2.11. The fourth-order valence-corrected chi connectivity index (χ4v) is 2.20. The van der Waals surface area contributed by atoms with Gasteiger partial charge < -0.3 is 19.8 Å². The Bertz CT molecular complexity index is 664. The molecule has 0 saturated carbocycles. The molecule has 1 aromatic heterocycles. The molecule has 1 aromatic carbocycles. The molecule has 0 unspecified atom stereocenters. The summed E-state index contributed by atoms with van der Waals surface area (Å²) < 4.78 is 11.3. The van der Waals surface area contributed by atoms with Crippen molar-refractivity contribution < 1.29 is 9.15 Å². The van der Waals surface area contributed by atoms with Crippen molar-refractivity contribution in [2.24, 2.45) is 4.99 Å². The van der Waals surface area contributed by atoms with Gasteiger partial charge in [-0.1, -0.05) is 17.7 Å². The summed E-state index contributed by atoms with van der Waals surface area (Å²) in [5.74, 6) is 3.14. The maximum absolute atomic E-state index is 5.72. The summed E-state index contributed by atoms with van der Waals surface area (Å²) >= 11 is 0. The number of nitrogens with one attached hydrogen (secondary N) is 2. The first kappa shape index (κ1) is 22.3. The number of ether oxygens (including phenoxy) is 1. The van der Waals surface area contributed by atoms with Gasteiger partial charge in [0.25, 0.3) is 0 Å². The van der Waals surface area contributed by atoms with E-state index in [2.05, 4.69) is 39.7 Å². The van der Waals surface area contributed by atoms with Crippen LogP contribution in [-0.4, -0.2) is 30.6 Å². The van der Waals surface area contributed by atoms with Gasteiger partial charge in [0.2, 0.25) is 5.89 Å². The van der Waals surface area contributed by atoms with Crippen LogP contribution in [0.2, 0.25) is 0 Å². The lowest BCUT2D eigenvalue weighted by molar-refractivity contribution is 0.311. The first-order valence-electron chi connectivity index (χ1n) is 8.73. The highest BCUT2D eigenvalue weighted by atomic mass is 127. The monoisotopic (exact) mass is 472 g/mol. The Morgan fingerprint density at radius 3 is 2.50 bits per heavy atom. The number of aryl methyl sites for hydroxylation is 3. The minimum atomic E-state index is 0. The predicted octanol–water partition coefficient (Wildman–Crippen LogP) is 3.74. The molecule has 26 heavy (non-hydrogen) atoms. The molecule has 0 fully saturated rings. The Balaban J connectivity index is 0.00000338. The van der Waals surface area contributed by atoms with Crippen LogP contribution in [0, 0.1) is 20.8 Å². The second-order valence-corrected chi connectivity index (χ2v) is 5.89. The Kier molecular flexibility index (Phi) is 10.1. The third-order valence-corrected chi connectivity index (χ3v) is 3.69. The molecule has 0 saturated heterocycles. The maximum atomic E-state index is 5.72. The Labute approximate surface area is 172 Å². The molecular weight excluding hydrogens is 443 g/mol. The van der Waals surface area contributed by atoms with Crippen LogP contribution in [0.3, 0.4) is 0 Å². The Hall–Kier alpha value is -1.77. The van der Waals surface area contributed by atoms with Gasteiger partial charge in [0.1, 0.15) is 18.1 Å². The van der Waals surface area contributed by atoms with Crippen molar-refractivity contribution in [1.29, 1.82) is 0 Å². The fraction of sp³-hybridized carbons (Fsp3) is 0.474. The molecule has 7 heteroatoms. The quantitative estimate of drug-likeness (QED) is 0.265. The number of benzene rings is 1. The van der Waals surface area contributed by atoms with Crippen molar-refractivity contribution in [3.05, 3.63) is 47.2 Å². The second-order valence-electron chi connectivity index (χ2n) is 5.89. The van der Waals surface area contributed by atoms with Crippen LogP contribution >= 0.6 is 24.0 Å². The van der Waals surface area contributed by atoms with Gasteiger partial charge in [0.15, 0.2) is 5.96 Å². The van der Waals surface area contributed by atoms with Crippen LogP contribution in [0.25, 0.3) is 0 Å². The van der Waals surface area contributed by atoms with Crippen LogP contribution in [0.15, 0.2) is 33.7 Å². The molecule has 0 aliphatic carbocycles. The smallest absolute Gasteiger partial charge is 0.216 e. The van der Waals surface area contributed by atoms with Crippen molar-refractivity contribution in [3.8, 4) is 5.75 Å². The number of guanidine groups is 1. The van der Waals surface area contributed by atoms with E-state index in [4.69, 9.17) is 9.15 Å². The third-order valence-electron chi connectivity index (χ3n) is 3.69. The number of nitrogens with zero attached hydrogens (tertiary/aromatic N) is 2. The number of halogens is 1. The van der Waals surface area contributed by atoms with Gasteiger partial charge in [-0.25, -0.2) is 9.98 Å². The molecule has 6 nitrogen and oxygen atoms in total. The van der Waals surface area contributed by atoms with E-state index in [-0.39, 0.29) is 24.0 Å². The zero-order valence-corrected chi connectivity index (χ0v) is 18.3. The number of aliphatic imine (C=N–C) groups is 1. The molecule has 0 aliphatic rings. The van der Waals surface area contributed by atoms with E-state index < -0.39 is 0 Å². The first-order valence-corrected chi connectivity index (χ1v) is 8.73. The summed E-state index contributed by atoms with van der Waals surface area (Å²) in [7, 11) is 0. The second kappa shape index (κ2) is 11.8. The lowest BCUT2D eigenvalue weighted by Crippen LogP contribution is -2.38. The molecule has 1 heterocycles. The van der Waals surface area contributed by atoms with E-state index in [1.54, 1.807) is 0 Å². The minimum absolute atomic E-state index is 0. The van der Waals surface area contributed by atoms with Crippen molar-refractivity contribution >= 4 is 29.9 Å². The number of hydrogen-bond donors (Lipinski definition) is 2. The average molecular weight is 472 g/mol. The van der Waals surface area contributed by atoms with E-state index in [0.29, 0.717) is 19.0 Å². The highest BCUT2D eigenvalue weighted by Crippen LogP contribution is 2.11. The summed E-state index contributed by atoms with van der Waals surface area (Å²) in [5, 5.41) is 6.51. The number of aromatic nitrogens is 1. The van der Waals surface area contributed by atoms with Gasteiger partial charge in [-0.05, 0) is 46.2 Å². The van der Waals surface area contributed by atoms with E-state index >= 15 is 0 Å². The highest BCUT2D eigenvalue weighted by molar-refractivity contribution is 14.0. The molecule has 0 bridgehead atoms. The van der Waals surface area contributed by atoms with Crippen molar-refractivity contribution in [2.75, 3.05) is 19.7 Å². The molecule has 0 aliphatic heterocycles. The molecule has 0 spiro atoms. The third kappa shape index (κ3) is 7.63. The molecule has 0 atom stereocenters. The summed E-state index contributed by atoms with van der Waals surface area (Å²) in [5.41, 5.74) is 2.15. The summed E-state index contributed by atoms with van der Waals surface area (Å²) in [6, 6.07) is 8.09. The van der Waals surface area contributed by atoms with Gasteiger partial charge in [-0.15, -0.1) is 24.0 Å². The van der Waals surface area contributed by atoms with Gasteiger partial charge in [-0.3, -0.25) is 0 Å². The molecular formula is C19H29IN4O2. The number of rotatable bonds is 8. The highest BCUT2D eigenvalue weighted by Gasteiger charge is 2.05. The van der Waals surface area contributed by atoms with Crippen LogP contribution in [0.4, 0.5) is 0 Å². The van der Waals surface area contributed by atoms with Gasteiger partial charge in [0.05, 0.1) is 12.3 Å². The summed E-state index contributed by atoms with van der Waals surface area (Å²) in [4.78, 5) is 8.84.